The number of nitrogens with one attached hydrogen (secondary N) is 2. The molecule has 0 spiro atoms. The number of fused-ring (bicyclic) bond motifs is 1. The van der Waals surface area contributed by atoms with Gasteiger partial charge in [-0.3, -0.25) is 9.69 Å². The zero-order chi connectivity index (χ0) is 29.1. The quantitative estimate of drug-likeness (QED) is 0.133. The van der Waals surface area contributed by atoms with Crippen LogP contribution in [0.25, 0.3) is 22.3 Å². The van der Waals surface area contributed by atoms with Crippen LogP contribution in [0.4, 0.5) is 11.5 Å². The van der Waals surface area contributed by atoms with Crippen molar-refractivity contribution < 1.29 is 9.53 Å². The first kappa shape index (κ1) is 29.7. The Morgan fingerprint density at radius 2 is 1.74 bits per heavy atom. The van der Waals surface area contributed by atoms with E-state index in [1.54, 1.807) is 6.33 Å². The van der Waals surface area contributed by atoms with Crippen molar-refractivity contribution in [1.29, 1.82) is 0 Å². The number of H-pyrrole nitrogens is 1. The second kappa shape index (κ2) is 14.9. The van der Waals surface area contributed by atoms with Gasteiger partial charge in [-0.05, 0) is 81.6 Å². The predicted molar refractivity (Wildman–Crippen MR) is 170 cm³/mol. The molecule has 0 radical (unpaired) electrons. The van der Waals surface area contributed by atoms with E-state index in [0.717, 1.165) is 92.2 Å². The number of methoxy groups -OCH3 is 1. The van der Waals surface area contributed by atoms with E-state index >= 15 is 0 Å². The van der Waals surface area contributed by atoms with Gasteiger partial charge in [0, 0.05) is 36.9 Å². The molecule has 1 aliphatic rings. The Morgan fingerprint density at radius 3 is 2.48 bits per heavy atom. The van der Waals surface area contributed by atoms with Gasteiger partial charge in [0.05, 0.1) is 12.5 Å². The van der Waals surface area contributed by atoms with Gasteiger partial charge in [0.2, 0.25) is 0 Å². The SMILES string of the molecule is CCN(c1ccccc1)c1ncnc2[nH]c(-c3ccc(CN(CCCCCCC(=O)OC)C4CCNCC4)cc3)cc12. The van der Waals surface area contributed by atoms with Gasteiger partial charge in [-0.15, -0.1) is 0 Å². The average Bonchev–Trinajstić information content (AvgIpc) is 3.49. The van der Waals surface area contributed by atoms with E-state index in [-0.39, 0.29) is 5.97 Å². The second-order valence-electron chi connectivity index (χ2n) is 11.1. The number of carbonyl (C=O) groups is 1. The number of piperidine rings is 1. The molecule has 3 heterocycles. The molecule has 8 nitrogen and oxygen atoms in total. The maximum Gasteiger partial charge on any atom is 0.305 e. The fraction of sp³-hybridized carbons (Fsp3) is 0.441. The Labute approximate surface area is 249 Å². The molecule has 2 N–H and O–H groups in total. The average molecular weight is 569 g/mol. The van der Waals surface area contributed by atoms with Gasteiger partial charge in [0.25, 0.3) is 0 Å². The van der Waals surface area contributed by atoms with Crippen molar-refractivity contribution >= 4 is 28.5 Å². The van der Waals surface area contributed by atoms with Crippen LogP contribution in [0.15, 0.2) is 67.0 Å². The molecule has 0 amide bonds. The lowest BCUT2D eigenvalue weighted by Crippen LogP contribution is -2.43. The highest BCUT2D eigenvalue weighted by Crippen LogP contribution is 2.32. The summed E-state index contributed by atoms with van der Waals surface area (Å²) in [6.07, 6.45) is 8.82. The fourth-order valence-corrected chi connectivity index (χ4v) is 5.99. The summed E-state index contributed by atoms with van der Waals surface area (Å²) in [6, 6.07) is 22.1. The van der Waals surface area contributed by atoms with E-state index in [2.05, 4.69) is 91.6 Å². The minimum absolute atomic E-state index is 0.106. The molecule has 1 saturated heterocycles. The molecule has 2 aromatic carbocycles. The largest absolute Gasteiger partial charge is 0.469 e. The molecule has 0 atom stereocenters. The summed E-state index contributed by atoms with van der Waals surface area (Å²) in [6.45, 7) is 7.17. The van der Waals surface area contributed by atoms with Gasteiger partial charge < -0.3 is 19.9 Å². The Kier molecular flexibility index (Phi) is 10.6. The van der Waals surface area contributed by atoms with Crippen molar-refractivity contribution in [2.24, 2.45) is 0 Å². The highest BCUT2D eigenvalue weighted by Gasteiger charge is 2.21. The lowest BCUT2D eigenvalue weighted by atomic mass is 10.0. The predicted octanol–water partition coefficient (Wildman–Crippen LogP) is 6.46. The Bertz CT molecular complexity index is 1400. The standard InChI is InChI=1S/C34H44N6O2/c1-3-40(29-11-7-6-8-12-29)34-30-23-31(38-33(30)36-25-37-34)27-16-14-26(15-17-27)24-39(28-18-20-35-21-19-28)22-10-5-4-9-13-32(41)42-2/h6-8,11-12,14-17,23,25,28,35H,3-5,9-10,13,18-22,24H2,1-2H3,(H,36,37,38). The number of aromatic amines is 1. The summed E-state index contributed by atoms with van der Waals surface area (Å²) in [4.78, 5) is 29.0. The van der Waals surface area contributed by atoms with Crippen LogP contribution in [0.5, 0.6) is 0 Å². The molecule has 1 fully saturated rings. The van der Waals surface area contributed by atoms with Crippen LogP contribution < -0.4 is 10.2 Å². The number of ether oxygens (including phenoxy) is 1. The maximum absolute atomic E-state index is 11.4. The Morgan fingerprint density at radius 1 is 0.976 bits per heavy atom. The number of carbonyl (C=O) groups excluding carboxylic acids is 1. The number of aromatic nitrogens is 3. The molecule has 0 bridgehead atoms. The number of anilines is 2. The van der Waals surface area contributed by atoms with E-state index in [1.807, 2.05) is 6.07 Å². The van der Waals surface area contributed by atoms with Crippen LogP contribution in [0, 0.1) is 0 Å². The number of hydrogen-bond donors (Lipinski definition) is 2. The molecule has 1 aliphatic heterocycles. The molecular formula is C34H44N6O2. The zero-order valence-electron chi connectivity index (χ0n) is 25.0. The summed E-state index contributed by atoms with van der Waals surface area (Å²) < 4.78 is 4.77. The minimum Gasteiger partial charge on any atom is -0.469 e. The molecule has 5 rings (SSSR count). The molecule has 8 heteroatoms. The monoisotopic (exact) mass is 568 g/mol. The second-order valence-corrected chi connectivity index (χ2v) is 11.1. The van der Waals surface area contributed by atoms with Crippen LogP contribution >= 0.6 is 0 Å². The number of para-hydroxylation sites is 1. The number of unbranched alkanes of at least 4 members (excludes halogenated alkanes) is 3. The van der Waals surface area contributed by atoms with Crippen molar-refractivity contribution in [1.82, 2.24) is 25.2 Å². The third-order valence-electron chi connectivity index (χ3n) is 8.32. The van der Waals surface area contributed by atoms with E-state index in [1.165, 1.54) is 25.5 Å². The van der Waals surface area contributed by atoms with Gasteiger partial charge in [-0.25, -0.2) is 9.97 Å². The Hall–Kier alpha value is -3.75. The first-order chi connectivity index (χ1) is 20.7. The molecule has 2 aromatic heterocycles. The first-order valence-electron chi connectivity index (χ1n) is 15.4. The zero-order valence-corrected chi connectivity index (χ0v) is 25.0. The normalized spacial score (nSPS) is 14.0. The van der Waals surface area contributed by atoms with Crippen molar-refractivity contribution in [3.63, 3.8) is 0 Å². The Balaban J connectivity index is 1.26. The van der Waals surface area contributed by atoms with E-state index in [9.17, 15) is 4.79 Å². The fourth-order valence-electron chi connectivity index (χ4n) is 5.99. The van der Waals surface area contributed by atoms with Crippen molar-refractivity contribution in [3.8, 4) is 11.3 Å². The van der Waals surface area contributed by atoms with E-state index < -0.39 is 0 Å². The number of nitrogens with zero attached hydrogens (tertiary/aromatic N) is 4. The van der Waals surface area contributed by atoms with Crippen LogP contribution in [0.1, 0.15) is 57.4 Å². The van der Waals surface area contributed by atoms with Gasteiger partial charge in [-0.1, -0.05) is 55.3 Å². The van der Waals surface area contributed by atoms with Crippen molar-refractivity contribution in [2.45, 2.75) is 64.5 Å². The first-order valence-corrected chi connectivity index (χ1v) is 15.4. The van der Waals surface area contributed by atoms with Gasteiger partial charge in [0.15, 0.2) is 0 Å². The van der Waals surface area contributed by atoms with Gasteiger partial charge in [-0.2, -0.15) is 0 Å². The smallest absolute Gasteiger partial charge is 0.305 e. The number of hydrogen-bond acceptors (Lipinski definition) is 7. The topological polar surface area (TPSA) is 86.4 Å². The number of rotatable bonds is 14. The van der Waals surface area contributed by atoms with Gasteiger partial charge in [0.1, 0.15) is 17.8 Å². The summed E-state index contributed by atoms with van der Waals surface area (Å²) in [5, 5.41) is 4.53. The van der Waals surface area contributed by atoms with E-state index in [0.29, 0.717) is 12.5 Å². The lowest BCUT2D eigenvalue weighted by Gasteiger charge is -2.35. The molecule has 0 saturated carbocycles. The molecule has 222 valence electrons. The molecular weight excluding hydrogens is 524 g/mol. The van der Waals surface area contributed by atoms with Crippen LogP contribution in [0.3, 0.4) is 0 Å². The molecule has 0 unspecified atom stereocenters. The highest BCUT2D eigenvalue weighted by atomic mass is 16.5. The van der Waals surface area contributed by atoms with Crippen LogP contribution in [-0.4, -0.2) is 65.2 Å². The molecule has 0 aliphatic carbocycles. The summed E-state index contributed by atoms with van der Waals surface area (Å²) in [5.74, 6) is 0.807. The van der Waals surface area contributed by atoms with Crippen molar-refractivity contribution in [3.05, 3.63) is 72.6 Å². The lowest BCUT2D eigenvalue weighted by molar-refractivity contribution is -0.140. The van der Waals surface area contributed by atoms with Crippen molar-refractivity contribution in [2.75, 3.05) is 38.2 Å². The van der Waals surface area contributed by atoms with Gasteiger partial charge >= 0.3 is 5.97 Å². The van der Waals surface area contributed by atoms with E-state index in [4.69, 9.17) is 4.74 Å². The third kappa shape index (κ3) is 7.55. The third-order valence-corrected chi connectivity index (χ3v) is 8.32. The van der Waals surface area contributed by atoms with Crippen LogP contribution in [-0.2, 0) is 16.1 Å². The molecule has 42 heavy (non-hydrogen) atoms. The minimum atomic E-state index is -0.106. The maximum atomic E-state index is 11.4. The molecule has 4 aromatic rings. The highest BCUT2D eigenvalue weighted by molar-refractivity contribution is 5.93. The summed E-state index contributed by atoms with van der Waals surface area (Å²) in [5.41, 5.74) is 5.48. The summed E-state index contributed by atoms with van der Waals surface area (Å²) in [7, 11) is 1.46. The summed E-state index contributed by atoms with van der Waals surface area (Å²) >= 11 is 0. The number of benzene rings is 2. The number of esters is 1. The van der Waals surface area contributed by atoms with Crippen LogP contribution in [0.2, 0.25) is 0 Å².